The molecule has 0 atom stereocenters. The minimum absolute atomic E-state index is 1.26. The molecule has 0 saturated heterocycles. The number of hydrogen-bond acceptors (Lipinski definition) is 1. The first kappa shape index (κ1) is 22.8. The maximum absolute atomic E-state index is 3.94. The molecule has 1 aromatic carbocycles. The van der Waals surface area contributed by atoms with E-state index in [1.54, 1.807) is 5.19 Å². The summed E-state index contributed by atoms with van der Waals surface area (Å²) in [6.45, 7) is 29.6. The van der Waals surface area contributed by atoms with E-state index in [1.165, 1.54) is 17.7 Å². The highest BCUT2D eigenvalue weighted by Gasteiger charge is 2.45. The van der Waals surface area contributed by atoms with E-state index in [0.717, 1.165) is 0 Å². The molecule has 0 unspecified atom stereocenters. The predicted octanol–water partition coefficient (Wildman–Crippen LogP) is 6.42. The van der Waals surface area contributed by atoms with Crippen molar-refractivity contribution < 1.29 is 0 Å². The van der Waals surface area contributed by atoms with Crippen LogP contribution in [0.1, 0.15) is 5.56 Å². The van der Waals surface area contributed by atoms with Gasteiger partial charge in [-0.15, -0.1) is 0 Å². The zero-order valence-corrected chi connectivity index (χ0v) is 22.5. The summed E-state index contributed by atoms with van der Waals surface area (Å²) in [5.41, 5.74) is 1.26. The number of benzene rings is 1. The van der Waals surface area contributed by atoms with Crippen LogP contribution in [-0.2, 0) is 0 Å². The van der Waals surface area contributed by atoms with E-state index in [1.807, 2.05) is 6.08 Å². The average Bonchev–Trinajstić information content (AvgIpc) is 2.42. The minimum Gasteiger partial charge on any atom is -0.369 e. The summed E-state index contributed by atoms with van der Waals surface area (Å²) >= 11 is 0. The Labute approximate surface area is 161 Å². The van der Waals surface area contributed by atoms with Gasteiger partial charge in [0.05, 0.1) is 8.07 Å². The molecule has 0 amide bonds. The third-order valence-corrected chi connectivity index (χ3v) is 26.1. The molecule has 0 aliphatic carbocycles. The second-order valence-electron chi connectivity index (χ2n) is 10.7. The summed E-state index contributed by atoms with van der Waals surface area (Å²) in [5, 5.41) is 1.59. The predicted molar refractivity (Wildman–Crippen MR) is 129 cm³/mol. The van der Waals surface area contributed by atoms with Crippen molar-refractivity contribution in [2.75, 3.05) is 0 Å². The summed E-state index contributed by atoms with van der Waals surface area (Å²) in [6.07, 6.45) is 1.98. The highest BCUT2D eigenvalue weighted by Crippen LogP contribution is 2.32. The van der Waals surface area contributed by atoms with Crippen molar-refractivity contribution in [3.05, 3.63) is 36.4 Å². The molecule has 142 valence electrons. The summed E-state index contributed by atoms with van der Waals surface area (Å²) in [7, 11) is -5.38. The normalized spacial score (nSPS) is 14.0. The Morgan fingerprint density at radius 3 is 1.80 bits per heavy atom. The van der Waals surface area contributed by atoms with E-state index >= 15 is 0 Å². The highest BCUT2D eigenvalue weighted by atomic mass is 28.5. The van der Waals surface area contributed by atoms with Crippen LogP contribution >= 0.6 is 0 Å². The SMILES string of the molecule is C=Cc1cccc([Si](C)(C)CC[Si](C)(C)N([Si](C)(C)C)[Si](C)(C)C)c1. The molecule has 5 heteroatoms. The van der Waals surface area contributed by atoms with Crippen molar-refractivity contribution in [3.8, 4) is 0 Å². The third kappa shape index (κ3) is 6.17. The van der Waals surface area contributed by atoms with E-state index in [4.69, 9.17) is 0 Å². The van der Waals surface area contributed by atoms with Crippen LogP contribution < -0.4 is 5.19 Å². The first-order valence-electron chi connectivity index (χ1n) is 9.65. The quantitative estimate of drug-likeness (QED) is 0.449. The lowest BCUT2D eigenvalue weighted by Gasteiger charge is -2.53. The molecule has 0 saturated carbocycles. The van der Waals surface area contributed by atoms with Crippen LogP contribution in [-0.4, -0.2) is 36.7 Å². The smallest absolute Gasteiger partial charge is 0.108 e. The molecule has 25 heavy (non-hydrogen) atoms. The van der Waals surface area contributed by atoms with Gasteiger partial charge >= 0.3 is 0 Å². The number of hydrogen-bond donors (Lipinski definition) is 0. The van der Waals surface area contributed by atoms with E-state index in [9.17, 15) is 0 Å². The monoisotopic (exact) mass is 407 g/mol. The summed E-state index contributed by atoms with van der Waals surface area (Å²) in [5.74, 6) is 0. The second kappa shape index (κ2) is 7.80. The van der Waals surface area contributed by atoms with Crippen LogP contribution in [0.2, 0.25) is 77.6 Å². The van der Waals surface area contributed by atoms with Gasteiger partial charge in [0.15, 0.2) is 0 Å². The summed E-state index contributed by atoms with van der Waals surface area (Å²) < 4.78 is 3.12. The maximum Gasteiger partial charge on any atom is 0.108 e. The first-order chi connectivity index (χ1) is 11.1. The van der Waals surface area contributed by atoms with Gasteiger partial charge in [-0.1, -0.05) is 114 Å². The Morgan fingerprint density at radius 2 is 1.36 bits per heavy atom. The van der Waals surface area contributed by atoms with Crippen LogP contribution in [0.4, 0.5) is 0 Å². The molecule has 0 N–H and O–H groups in total. The Hall–Kier alpha value is -0.212. The van der Waals surface area contributed by atoms with Gasteiger partial charge in [-0.2, -0.15) is 0 Å². The second-order valence-corrected chi connectivity index (χ2v) is 31.0. The van der Waals surface area contributed by atoms with Crippen LogP contribution in [0.15, 0.2) is 30.8 Å². The molecule has 1 rings (SSSR count). The Bertz CT molecular complexity index is 580. The van der Waals surface area contributed by atoms with E-state index < -0.39 is 32.8 Å². The summed E-state index contributed by atoms with van der Waals surface area (Å²) in [6, 6.07) is 11.9. The molecule has 1 aromatic rings. The largest absolute Gasteiger partial charge is 0.369 e. The van der Waals surface area contributed by atoms with Crippen molar-refractivity contribution in [3.63, 3.8) is 0 Å². The van der Waals surface area contributed by atoms with Gasteiger partial charge in [-0.25, -0.2) is 0 Å². The summed E-state index contributed by atoms with van der Waals surface area (Å²) in [4.78, 5) is 0. The van der Waals surface area contributed by atoms with Crippen molar-refractivity contribution in [2.45, 2.75) is 77.6 Å². The highest BCUT2D eigenvalue weighted by molar-refractivity contribution is 7.04. The molecular formula is C20H41NSi4. The van der Waals surface area contributed by atoms with Gasteiger partial charge in [-0.05, 0) is 11.6 Å². The molecule has 0 spiro atoms. The van der Waals surface area contributed by atoms with E-state index in [0.29, 0.717) is 0 Å². The number of nitrogens with zero attached hydrogens (tertiary/aromatic N) is 1. The molecule has 0 fully saturated rings. The zero-order chi connectivity index (χ0) is 19.7. The molecule has 0 aliphatic rings. The van der Waals surface area contributed by atoms with E-state index in [-0.39, 0.29) is 0 Å². The standard InChI is InChI=1S/C20H41NSi4/c1-12-19-14-13-15-20(18-19)24(8,9)16-17-25(10,11)21(22(2,3)4)23(5,6)7/h12-15,18H,1,16-17H2,2-11H3. The Balaban J connectivity index is 3.04. The molecule has 1 nitrogen and oxygen atoms in total. The van der Waals surface area contributed by atoms with Gasteiger partial charge in [0.1, 0.15) is 24.7 Å². The van der Waals surface area contributed by atoms with Crippen molar-refractivity contribution in [1.29, 1.82) is 0 Å². The topological polar surface area (TPSA) is 3.24 Å². The Kier molecular flexibility index (Phi) is 7.12. The van der Waals surface area contributed by atoms with Gasteiger partial charge in [0.25, 0.3) is 0 Å². The fraction of sp³-hybridized carbons (Fsp3) is 0.600. The van der Waals surface area contributed by atoms with Crippen molar-refractivity contribution in [1.82, 2.24) is 3.90 Å². The van der Waals surface area contributed by atoms with Crippen LogP contribution in [0.25, 0.3) is 6.08 Å². The average molecular weight is 408 g/mol. The van der Waals surface area contributed by atoms with Crippen LogP contribution in [0.3, 0.4) is 0 Å². The number of rotatable bonds is 8. The molecule has 0 radical (unpaired) electrons. The van der Waals surface area contributed by atoms with Crippen molar-refractivity contribution >= 4 is 44.0 Å². The van der Waals surface area contributed by atoms with E-state index in [2.05, 4.69) is 100 Å². The molecule has 0 heterocycles. The van der Waals surface area contributed by atoms with Gasteiger partial charge in [0, 0.05) is 0 Å². The Morgan fingerprint density at radius 1 is 0.840 bits per heavy atom. The van der Waals surface area contributed by atoms with Gasteiger partial charge in [0.2, 0.25) is 0 Å². The fourth-order valence-electron chi connectivity index (χ4n) is 4.78. The molecular weight excluding hydrogens is 367 g/mol. The lowest BCUT2D eigenvalue weighted by atomic mass is 10.2. The lowest BCUT2D eigenvalue weighted by Crippen LogP contribution is -2.70. The first-order valence-corrected chi connectivity index (χ1v) is 22.9. The minimum atomic E-state index is -1.41. The fourth-order valence-corrected chi connectivity index (χ4v) is 34.6. The van der Waals surface area contributed by atoms with Crippen LogP contribution in [0.5, 0.6) is 0 Å². The van der Waals surface area contributed by atoms with Crippen LogP contribution in [0, 0.1) is 0 Å². The lowest BCUT2D eigenvalue weighted by molar-refractivity contribution is 0.878. The van der Waals surface area contributed by atoms with Gasteiger partial charge in [-0.3, -0.25) is 0 Å². The maximum atomic E-state index is 3.94. The zero-order valence-electron chi connectivity index (χ0n) is 18.5. The van der Waals surface area contributed by atoms with Gasteiger partial charge < -0.3 is 3.90 Å². The van der Waals surface area contributed by atoms with Crippen molar-refractivity contribution in [2.24, 2.45) is 0 Å². The molecule has 0 aromatic heterocycles. The molecule has 0 bridgehead atoms. The third-order valence-electron chi connectivity index (χ3n) is 5.21. The molecule has 0 aliphatic heterocycles.